The number of hydrogen-bond acceptors (Lipinski definition) is 3. The lowest BCUT2D eigenvalue weighted by molar-refractivity contribution is -0.137. The van der Waals surface area contributed by atoms with Gasteiger partial charge < -0.3 is 9.84 Å². The van der Waals surface area contributed by atoms with Crippen molar-refractivity contribution < 1.29 is 19.4 Å². The third-order valence-electron chi connectivity index (χ3n) is 2.63. The van der Waals surface area contributed by atoms with E-state index in [2.05, 4.69) is 0 Å². The molecule has 1 aliphatic rings. The van der Waals surface area contributed by atoms with Gasteiger partial charge in [-0.3, -0.25) is 14.5 Å². The first-order chi connectivity index (χ1) is 8.13. The van der Waals surface area contributed by atoms with Gasteiger partial charge in [-0.25, -0.2) is 0 Å². The zero-order valence-corrected chi connectivity index (χ0v) is 9.42. The smallest absolute Gasteiger partial charge is 0.323 e. The van der Waals surface area contributed by atoms with Crippen LogP contribution >= 0.6 is 0 Å². The fourth-order valence-corrected chi connectivity index (χ4v) is 1.83. The SMILES string of the molecule is CCC1Oc2ccccc2N(CC(=O)O)C1=O. The summed E-state index contributed by atoms with van der Waals surface area (Å²) in [6.45, 7) is 1.49. The highest BCUT2D eigenvalue weighted by molar-refractivity contribution is 6.02. The van der Waals surface area contributed by atoms with Crippen LogP contribution in [0.4, 0.5) is 5.69 Å². The molecule has 5 heteroatoms. The van der Waals surface area contributed by atoms with Crippen molar-refractivity contribution in [1.82, 2.24) is 0 Å². The molecule has 1 unspecified atom stereocenters. The van der Waals surface area contributed by atoms with E-state index in [9.17, 15) is 9.59 Å². The maximum Gasteiger partial charge on any atom is 0.323 e. The quantitative estimate of drug-likeness (QED) is 0.856. The van der Waals surface area contributed by atoms with Gasteiger partial charge in [0.25, 0.3) is 5.91 Å². The molecule has 1 N–H and O–H groups in total. The van der Waals surface area contributed by atoms with Crippen LogP contribution in [-0.4, -0.2) is 29.6 Å². The number of fused-ring (bicyclic) bond motifs is 1. The maximum absolute atomic E-state index is 12.0. The van der Waals surface area contributed by atoms with Gasteiger partial charge in [0.15, 0.2) is 6.10 Å². The number of carboxylic acid groups (broad SMARTS) is 1. The highest BCUT2D eigenvalue weighted by Crippen LogP contribution is 2.34. The number of anilines is 1. The molecule has 1 aromatic carbocycles. The van der Waals surface area contributed by atoms with Crippen LogP contribution in [0.25, 0.3) is 0 Å². The molecule has 0 spiro atoms. The van der Waals surface area contributed by atoms with Crippen LogP contribution in [0.15, 0.2) is 24.3 Å². The predicted octanol–water partition coefficient (Wildman–Crippen LogP) is 1.28. The lowest BCUT2D eigenvalue weighted by Crippen LogP contribution is -2.47. The molecule has 2 rings (SSSR count). The molecule has 0 radical (unpaired) electrons. The second-order valence-electron chi connectivity index (χ2n) is 3.80. The number of carbonyl (C=O) groups excluding carboxylic acids is 1. The van der Waals surface area contributed by atoms with E-state index in [4.69, 9.17) is 9.84 Å². The van der Waals surface area contributed by atoms with E-state index in [1.165, 1.54) is 4.90 Å². The molecule has 1 aliphatic heterocycles. The molecule has 0 aliphatic carbocycles. The number of carbonyl (C=O) groups is 2. The first-order valence-electron chi connectivity index (χ1n) is 5.42. The Morgan fingerprint density at radius 1 is 1.47 bits per heavy atom. The zero-order chi connectivity index (χ0) is 12.4. The summed E-state index contributed by atoms with van der Waals surface area (Å²) in [6, 6.07) is 6.96. The van der Waals surface area contributed by atoms with E-state index in [0.29, 0.717) is 17.9 Å². The Kier molecular flexibility index (Phi) is 2.99. The summed E-state index contributed by atoms with van der Waals surface area (Å²) in [6.07, 6.45) is -0.0761. The fraction of sp³-hybridized carbons (Fsp3) is 0.333. The van der Waals surface area contributed by atoms with Crippen LogP contribution < -0.4 is 9.64 Å². The molecule has 5 nitrogen and oxygen atoms in total. The van der Waals surface area contributed by atoms with E-state index in [1.54, 1.807) is 24.3 Å². The van der Waals surface area contributed by atoms with Gasteiger partial charge in [-0.15, -0.1) is 0 Å². The second kappa shape index (κ2) is 4.45. The molecular formula is C12H13NO4. The standard InChI is InChI=1S/C12H13NO4/c1-2-9-12(16)13(7-11(14)15)8-5-3-4-6-10(8)17-9/h3-6,9H,2,7H2,1H3,(H,14,15). The lowest BCUT2D eigenvalue weighted by Gasteiger charge is -2.32. The summed E-state index contributed by atoms with van der Waals surface area (Å²) in [5.74, 6) is -0.779. The van der Waals surface area contributed by atoms with Gasteiger partial charge in [0.1, 0.15) is 12.3 Å². The normalized spacial score (nSPS) is 18.5. The Labute approximate surface area is 98.6 Å². The molecule has 0 fully saturated rings. The van der Waals surface area contributed by atoms with Crippen LogP contribution in [-0.2, 0) is 9.59 Å². The van der Waals surface area contributed by atoms with Crippen LogP contribution in [0.3, 0.4) is 0 Å². The number of carboxylic acids is 1. The Morgan fingerprint density at radius 2 is 2.18 bits per heavy atom. The van der Waals surface area contributed by atoms with Crippen LogP contribution in [0.2, 0.25) is 0 Å². The summed E-state index contributed by atoms with van der Waals surface area (Å²) < 4.78 is 5.52. The zero-order valence-electron chi connectivity index (χ0n) is 9.42. The lowest BCUT2D eigenvalue weighted by atomic mass is 10.1. The Bertz CT molecular complexity index is 458. The molecule has 1 heterocycles. The van der Waals surface area contributed by atoms with Crippen molar-refractivity contribution in [3.05, 3.63) is 24.3 Å². The fourth-order valence-electron chi connectivity index (χ4n) is 1.83. The van der Waals surface area contributed by atoms with Crippen molar-refractivity contribution in [3.63, 3.8) is 0 Å². The van der Waals surface area contributed by atoms with Crippen molar-refractivity contribution in [2.45, 2.75) is 19.4 Å². The minimum Gasteiger partial charge on any atom is -0.480 e. The van der Waals surface area contributed by atoms with Crippen molar-refractivity contribution in [2.75, 3.05) is 11.4 Å². The monoisotopic (exact) mass is 235 g/mol. The first kappa shape index (κ1) is 11.4. The van der Waals surface area contributed by atoms with Gasteiger partial charge in [0.05, 0.1) is 5.69 Å². The van der Waals surface area contributed by atoms with Gasteiger partial charge in [0, 0.05) is 0 Å². The summed E-state index contributed by atoms with van der Waals surface area (Å²) in [4.78, 5) is 24.0. The van der Waals surface area contributed by atoms with E-state index >= 15 is 0 Å². The molecular weight excluding hydrogens is 222 g/mol. The summed E-state index contributed by atoms with van der Waals surface area (Å²) >= 11 is 0. The maximum atomic E-state index is 12.0. The van der Waals surface area contributed by atoms with E-state index in [-0.39, 0.29) is 12.5 Å². The molecule has 90 valence electrons. The predicted molar refractivity (Wildman–Crippen MR) is 61.1 cm³/mol. The van der Waals surface area contributed by atoms with Crippen LogP contribution in [0, 0.1) is 0 Å². The van der Waals surface area contributed by atoms with Gasteiger partial charge in [-0.2, -0.15) is 0 Å². The third kappa shape index (κ3) is 2.08. The topological polar surface area (TPSA) is 66.8 Å². The van der Waals surface area contributed by atoms with E-state index in [0.717, 1.165) is 0 Å². The van der Waals surface area contributed by atoms with Crippen LogP contribution in [0.1, 0.15) is 13.3 Å². The molecule has 0 saturated carbocycles. The number of benzene rings is 1. The molecule has 0 saturated heterocycles. The number of aliphatic carboxylic acids is 1. The van der Waals surface area contributed by atoms with Crippen molar-refractivity contribution in [3.8, 4) is 5.75 Å². The van der Waals surface area contributed by atoms with Gasteiger partial charge >= 0.3 is 5.97 Å². The Balaban J connectivity index is 2.40. The number of para-hydroxylation sites is 2. The highest BCUT2D eigenvalue weighted by atomic mass is 16.5. The Morgan fingerprint density at radius 3 is 2.82 bits per heavy atom. The second-order valence-corrected chi connectivity index (χ2v) is 3.80. The molecule has 0 bridgehead atoms. The number of ether oxygens (including phenoxy) is 1. The van der Waals surface area contributed by atoms with Crippen molar-refractivity contribution in [2.24, 2.45) is 0 Å². The van der Waals surface area contributed by atoms with Gasteiger partial charge in [-0.05, 0) is 18.6 Å². The first-order valence-corrected chi connectivity index (χ1v) is 5.42. The van der Waals surface area contributed by atoms with Crippen LogP contribution in [0.5, 0.6) is 5.75 Å². The Hall–Kier alpha value is -2.04. The molecule has 1 amide bonds. The van der Waals surface area contributed by atoms with Gasteiger partial charge in [-0.1, -0.05) is 19.1 Å². The average Bonchev–Trinajstić information content (AvgIpc) is 2.32. The van der Waals surface area contributed by atoms with Gasteiger partial charge in [0.2, 0.25) is 0 Å². The summed E-state index contributed by atoms with van der Waals surface area (Å²) in [5.41, 5.74) is 0.518. The van der Waals surface area contributed by atoms with E-state index < -0.39 is 12.1 Å². The molecule has 17 heavy (non-hydrogen) atoms. The summed E-state index contributed by atoms with van der Waals surface area (Å²) in [5, 5.41) is 8.83. The molecule has 0 aromatic heterocycles. The molecule has 1 atom stereocenters. The number of amides is 1. The number of nitrogens with zero attached hydrogens (tertiary/aromatic N) is 1. The van der Waals surface area contributed by atoms with E-state index in [1.807, 2.05) is 6.92 Å². The summed E-state index contributed by atoms with van der Waals surface area (Å²) in [7, 11) is 0. The number of hydrogen-bond donors (Lipinski definition) is 1. The average molecular weight is 235 g/mol. The minimum absolute atomic E-state index is 0.298. The van der Waals surface area contributed by atoms with Crippen molar-refractivity contribution in [1.29, 1.82) is 0 Å². The molecule has 1 aromatic rings. The largest absolute Gasteiger partial charge is 0.480 e. The third-order valence-corrected chi connectivity index (χ3v) is 2.63. The minimum atomic E-state index is -1.04. The van der Waals surface area contributed by atoms with Crippen molar-refractivity contribution >= 4 is 17.6 Å². The highest BCUT2D eigenvalue weighted by Gasteiger charge is 2.33. The number of rotatable bonds is 3.